The minimum absolute atomic E-state index is 0.341. The lowest BCUT2D eigenvalue weighted by Crippen LogP contribution is -2.12. The van der Waals surface area contributed by atoms with Gasteiger partial charge in [-0.05, 0) is 12.3 Å². The zero-order valence-corrected chi connectivity index (χ0v) is 7.99. The van der Waals surface area contributed by atoms with Crippen LogP contribution < -0.4 is 0 Å². The molecule has 0 radical (unpaired) electrons. The van der Waals surface area contributed by atoms with Gasteiger partial charge < -0.3 is 9.47 Å². The Kier molecular flexibility index (Phi) is 3.96. The van der Waals surface area contributed by atoms with Crippen LogP contribution >= 0.6 is 0 Å². The molecule has 0 aromatic heterocycles. The highest BCUT2D eigenvalue weighted by molar-refractivity contribution is 5.81. The molecule has 1 heterocycles. The van der Waals surface area contributed by atoms with E-state index in [1.54, 1.807) is 0 Å². The van der Waals surface area contributed by atoms with Crippen molar-refractivity contribution >= 4 is 5.97 Å². The highest BCUT2D eigenvalue weighted by Crippen LogP contribution is 2.25. The summed E-state index contributed by atoms with van der Waals surface area (Å²) in [5, 5.41) is 0. The first-order valence-corrected chi connectivity index (χ1v) is 4.68. The second-order valence-corrected chi connectivity index (χ2v) is 3.20. The number of hydrogen-bond acceptors (Lipinski definition) is 3. The Morgan fingerprint density at radius 2 is 2.54 bits per heavy atom. The van der Waals surface area contributed by atoms with Crippen molar-refractivity contribution in [3.8, 4) is 0 Å². The lowest BCUT2D eigenvalue weighted by atomic mass is 10.00. The molecule has 0 aromatic rings. The van der Waals surface area contributed by atoms with Gasteiger partial charge in [0.15, 0.2) is 0 Å². The molecule has 3 heteroatoms. The third kappa shape index (κ3) is 3.59. The van der Waals surface area contributed by atoms with E-state index in [-0.39, 0.29) is 5.97 Å². The van der Waals surface area contributed by atoms with Gasteiger partial charge in [-0.1, -0.05) is 19.9 Å². The van der Waals surface area contributed by atoms with Crippen molar-refractivity contribution in [2.45, 2.75) is 25.9 Å². The molecule has 1 aliphatic heterocycles. The molecule has 2 atom stereocenters. The third-order valence-corrected chi connectivity index (χ3v) is 2.31. The minimum Gasteiger partial charge on any atom is -0.463 e. The van der Waals surface area contributed by atoms with Crippen molar-refractivity contribution in [3.63, 3.8) is 0 Å². The molecule has 1 saturated heterocycles. The molecule has 0 aliphatic carbocycles. The number of carbonyl (C=O) groups excluding carboxylic acids is 1. The van der Waals surface area contributed by atoms with E-state index in [1.165, 1.54) is 6.08 Å². The Bertz CT molecular complexity index is 185. The predicted octanol–water partition coefficient (Wildman–Crippen LogP) is 1.53. The lowest BCUT2D eigenvalue weighted by Gasteiger charge is -2.10. The molecule has 3 nitrogen and oxygen atoms in total. The summed E-state index contributed by atoms with van der Waals surface area (Å²) in [7, 11) is 0. The first-order valence-electron chi connectivity index (χ1n) is 4.68. The van der Waals surface area contributed by atoms with Gasteiger partial charge in [0.25, 0.3) is 0 Å². The highest BCUT2D eigenvalue weighted by atomic mass is 16.6. The van der Waals surface area contributed by atoms with Crippen molar-refractivity contribution < 1.29 is 14.3 Å². The number of hydrogen-bond donors (Lipinski definition) is 0. The van der Waals surface area contributed by atoms with E-state index in [9.17, 15) is 4.79 Å². The number of rotatable bonds is 6. The molecular weight excluding hydrogens is 168 g/mol. The molecule has 0 saturated carbocycles. The van der Waals surface area contributed by atoms with Gasteiger partial charge in [0.1, 0.15) is 0 Å². The number of carbonyl (C=O) groups is 1. The average molecular weight is 184 g/mol. The molecule has 1 fully saturated rings. The molecule has 74 valence electrons. The summed E-state index contributed by atoms with van der Waals surface area (Å²) in [6.45, 7) is 6.80. The summed E-state index contributed by atoms with van der Waals surface area (Å²) < 4.78 is 10.1. The number of esters is 1. The van der Waals surface area contributed by atoms with Crippen molar-refractivity contribution in [2.24, 2.45) is 5.92 Å². The minimum atomic E-state index is -0.341. The van der Waals surface area contributed by atoms with E-state index in [4.69, 9.17) is 9.47 Å². The largest absolute Gasteiger partial charge is 0.463 e. The predicted molar refractivity (Wildman–Crippen MR) is 49.3 cm³/mol. The molecule has 0 N–H and O–H groups in total. The van der Waals surface area contributed by atoms with Crippen LogP contribution in [0.1, 0.15) is 19.8 Å². The fourth-order valence-corrected chi connectivity index (χ4v) is 1.35. The Morgan fingerprint density at radius 3 is 3.00 bits per heavy atom. The van der Waals surface area contributed by atoms with Crippen LogP contribution in [0.2, 0.25) is 0 Å². The molecule has 2 unspecified atom stereocenters. The summed E-state index contributed by atoms with van der Waals surface area (Å²) in [6.07, 6.45) is 3.57. The van der Waals surface area contributed by atoms with E-state index in [1.807, 2.05) is 0 Å². The Morgan fingerprint density at radius 1 is 1.85 bits per heavy atom. The second kappa shape index (κ2) is 5.02. The van der Waals surface area contributed by atoms with E-state index in [2.05, 4.69) is 13.5 Å². The van der Waals surface area contributed by atoms with Crippen LogP contribution in [0.3, 0.4) is 0 Å². The normalized spacial score (nSPS) is 22.1. The first kappa shape index (κ1) is 10.3. The summed E-state index contributed by atoms with van der Waals surface area (Å²) >= 11 is 0. The van der Waals surface area contributed by atoms with Crippen molar-refractivity contribution in [3.05, 3.63) is 12.7 Å². The van der Waals surface area contributed by atoms with E-state index in [0.29, 0.717) is 18.6 Å². The first-order chi connectivity index (χ1) is 6.27. The van der Waals surface area contributed by atoms with Gasteiger partial charge >= 0.3 is 5.97 Å². The van der Waals surface area contributed by atoms with Crippen LogP contribution in [0.15, 0.2) is 12.7 Å². The van der Waals surface area contributed by atoms with Crippen LogP contribution in [-0.2, 0) is 14.3 Å². The van der Waals surface area contributed by atoms with Crippen LogP contribution in [0, 0.1) is 5.92 Å². The van der Waals surface area contributed by atoms with Gasteiger partial charge in [-0.2, -0.15) is 0 Å². The highest BCUT2D eigenvalue weighted by Gasteiger charge is 2.31. The summed E-state index contributed by atoms with van der Waals surface area (Å²) in [5.41, 5.74) is 0. The third-order valence-electron chi connectivity index (χ3n) is 2.31. The SMILES string of the molecule is C=CC(=O)OCCC(CC)C1CO1. The molecule has 0 spiro atoms. The summed E-state index contributed by atoms with van der Waals surface area (Å²) in [6, 6.07) is 0. The van der Waals surface area contributed by atoms with Gasteiger partial charge in [-0.25, -0.2) is 4.79 Å². The van der Waals surface area contributed by atoms with Crippen LogP contribution in [0.25, 0.3) is 0 Å². The topological polar surface area (TPSA) is 38.8 Å². The van der Waals surface area contributed by atoms with Gasteiger partial charge in [-0.15, -0.1) is 0 Å². The average Bonchev–Trinajstić information content (AvgIpc) is 2.95. The standard InChI is InChI=1S/C10H16O3/c1-3-8(9-7-13-9)5-6-12-10(11)4-2/h4,8-9H,2-3,5-7H2,1H3. The fraction of sp³-hybridized carbons (Fsp3) is 0.700. The summed E-state index contributed by atoms with van der Waals surface area (Å²) in [4.78, 5) is 10.7. The van der Waals surface area contributed by atoms with E-state index >= 15 is 0 Å². The van der Waals surface area contributed by atoms with Crippen LogP contribution in [-0.4, -0.2) is 25.3 Å². The quantitative estimate of drug-likeness (QED) is 0.357. The Balaban J connectivity index is 2.09. The Hall–Kier alpha value is -0.830. The Labute approximate surface area is 78.7 Å². The van der Waals surface area contributed by atoms with Crippen LogP contribution in [0.5, 0.6) is 0 Å². The molecule has 0 aromatic carbocycles. The smallest absolute Gasteiger partial charge is 0.330 e. The maximum Gasteiger partial charge on any atom is 0.330 e. The number of ether oxygens (including phenoxy) is 2. The van der Waals surface area contributed by atoms with Gasteiger partial charge in [0.2, 0.25) is 0 Å². The fourth-order valence-electron chi connectivity index (χ4n) is 1.35. The molecule has 1 aliphatic rings. The zero-order valence-electron chi connectivity index (χ0n) is 7.99. The molecule has 0 bridgehead atoms. The van der Waals surface area contributed by atoms with Crippen molar-refractivity contribution in [1.29, 1.82) is 0 Å². The summed E-state index contributed by atoms with van der Waals surface area (Å²) in [5.74, 6) is 0.198. The van der Waals surface area contributed by atoms with Gasteiger partial charge in [0, 0.05) is 6.08 Å². The zero-order chi connectivity index (χ0) is 9.68. The van der Waals surface area contributed by atoms with Crippen LogP contribution in [0.4, 0.5) is 0 Å². The molecule has 13 heavy (non-hydrogen) atoms. The maximum atomic E-state index is 10.7. The van der Waals surface area contributed by atoms with E-state index < -0.39 is 0 Å². The van der Waals surface area contributed by atoms with Crippen molar-refractivity contribution in [1.82, 2.24) is 0 Å². The molecular formula is C10H16O3. The second-order valence-electron chi connectivity index (χ2n) is 3.20. The monoisotopic (exact) mass is 184 g/mol. The van der Waals surface area contributed by atoms with Gasteiger partial charge in [-0.3, -0.25) is 0 Å². The lowest BCUT2D eigenvalue weighted by molar-refractivity contribution is -0.138. The van der Waals surface area contributed by atoms with Gasteiger partial charge in [0.05, 0.1) is 19.3 Å². The maximum absolute atomic E-state index is 10.7. The van der Waals surface area contributed by atoms with E-state index in [0.717, 1.165) is 19.4 Å². The molecule has 1 rings (SSSR count). The van der Waals surface area contributed by atoms with Crippen molar-refractivity contribution in [2.75, 3.05) is 13.2 Å². The number of epoxide rings is 1. The molecule has 0 amide bonds.